The minimum absolute atomic E-state index is 0.422. The van der Waals surface area contributed by atoms with Crippen LogP contribution in [0.5, 0.6) is 0 Å². The van der Waals surface area contributed by atoms with E-state index in [2.05, 4.69) is 32.2 Å². The number of rotatable bonds is 2. The Kier molecular flexibility index (Phi) is 3.34. The second-order valence-electron chi connectivity index (χ2n) is 3.12. The lowest BCUT2D eigenvalue weighted by Crippen LogP contribution is -1.94. The third kappa shape index (κ3) is 2.76. The minimum atomic E-state index is 0.422. The summed E-state index contributed by atoms with van der Waals surface area (Å²) in [6.45, 7) is 0. The zero-order valence-electron chi connectivity index (χ0n) is 7.82. The van der Waals surface area contributed by atoms with E-state index in [4.69, 9.17) is 11.6 Å². The topological polar surface area (TPSA) is 25.8 Å². The van der Waals surface area contributed by atoms with Gasteiger partial charge in [0.15, 0.2) is 5.15 Å². The predicted octanol–water partition coefficient (Wildman–Crippen LogP) is 3.48. The van der Waals surface area contributed by atoms with Gasteiger partial charge in [0.2, 0.25) is 0 Å². The van der Waals surface area contributed by atoms with E-state index in [9.17, 15) is 0 Å². The van der Waals surface area contributed by atoms with E-state index >= 15 is 0 Å². The number of aromatic nitrogens is 2. The van der Waals surface area contributed by atoms with Crippen molar-refractivity contribution in [3.05, 3.63) is 57.3 Å². The lowest BCUT2D eigenvalue weighted by Gasteiger charge is -2.02. The Morgan fingerprint density at radius 3 is 2.53 bits per heavy atom. The molecule has 2 rings (SSSR count). The standard InChI is InChI=1S/C11H8BrClN2/c12-10-4-2-1-3-8(10)7-9-5-6-11(13)15-14-9/h1-6H,7H2. The van der Waals surface area contributed by atoms with Gasteiger partial charge in [-0.25, -0.2) is 0 Å². The maximum Gasteiger partial charge on any atom is 0.151 e. The van der Waals surface area contributed by atoms with Gasteiger partial charge in [0.05, 0.1) is 5.69 Å². The van der Waals surface area contributed by atoms with Crippen LogP contribution in [0.3, 0.4) is 0 Å². The Labute approximate surface area is 101 Å². The van der Waals surface area contributed by atoms with E-state index in [1.807, 2.05) is 24.3 Å². The molecule has 0 bridgehead atoms. The van der Waals surface area contributed by atoms with Gasteiger partial charge >= 0.3 is 0 Å². The average Bonchev–Trinajstić information content (AvgIpc) is 2.25. The molecule has 15 heavy (non-hydrogen) atoms. The summed E-state index contributed by atoms with van der Waals surface area (Å²) in [6.07, 6.45) is 0.756. The van der Waals surface area contributed by atoms with Crippen LogP contribution in [-0.2, 0) is 6.42 Å². The zero-order valence-corrected chi connectivity index (χ0v) is 10.2. The quantitative estimate of drug-likeness (QED) is 0.843. The van der Waals surface area contributed by atoms with Crippen molar-refractivity contribution in [3.63, 3.8) is 0 Å². The summed E-state index contributed by atoms with van der Waals surface area (Å²) in [4.78, 5) is 0. The van der Waals surface area contributed by atoms with Crippen LogP contribution in [0.1, 0.15) is 11.3 Å². The summed E-state index contributed by atoms with van der Waals surface area (Å²) in [7, 11) is 0. The van der Waals surface area contributed by atoms with E-state index in [0.29, 0.717) is 5.15 Å². The Balaban J connectivity index is 2.22. The maximum absolute atomic E-state index is 5.66. The number of hydrogen-bond donors (Lipinski definition) is 0. The van der Waals surface area contributed by atoms with E-state index < -0.39 is 0 Å². The number of benzene rings is 1. The molecule has 1 heterocycles. The highest BCUT2D eigenvalue weighted by atomic mass is 79.9. The molecule has 0 aliphatic rings. The maximum atomic E-state index is 5.66. The van der Waals surface area contributed by atoms with E-state index in [1.54, 1.807) is 6.07 Å². The second-order valence-corrected chi connectivity index (χ2v) is 4.36. The summed E-state index contributed by atoms with van der Waals surface area (Å²) in [5.41, 5.74) is 2.10. The molecule has 1 aromatic heterocycles. The Bertz CT molecular complexity index is 456. The highest BCUT2D eigenvalue weighted by Crippen LogP contribution is 2.18. The monoisotopic (exact) mass is 282 g/mol. The molecule has 0 unspecified atom stereocenters. The summed E-state index contributed by atoms with van der Waals surface area (Å²) >= 11 is 9.16. The van der Waals surface area contributed by atoms with Crippen molar-refractivity contribution >= 4 is 27.5 Å². The molecule has 0 aliphatic heterocycles. The van der Waals surface area contributed by atoms with Gasteiger partial charge in [0.1, 0.15) is 0 Å². The molecule has 4 heteroatoms. The van der Waals surface area contributed by atoms with Crippen molar-refractivity contribution in [2.45, 2.75) is 6.42 Å². The van der Waals surface area contributed by atoms with Crippen LogP contribution in [0, 0.1) is 0 Å². The first-order valence-corrected chi connectivity index (χ1v) is 5.64. The Morgan fingerprint density at radius 2 is 1.87 bits per heavy atom. The van der Waals surface area contributed by atoms with Crippen LogP contribution in [-0.4, -0.2) is 10.2 Å². The first kappa shape index (κ1) is 10.6. The largest absolute Gasteiger partial charge is 0.154 e. The second kappa shape index (κ2) is 4.73. The van der Waals surface area contributed by atoms with E-state index in [1.165, 1.54) is 5.56 Å². The Morgan fingerprint density at radius 1 is 1.07 bits per heavy atom. The van der Waals surface area contributed by atoms with Crippen LogP contribution in [0.15, 0.2) is 40.9 Å². The lowest BCUT2D eigenvalue weighted by atomic mass is 10.1. The van der Waals surface area contributed by atoms with Crippen LogP contribution in [0.2, 0.25) is 5.15 Å². The molecule has 0 amide bonds. The van der Waals surface area contributed by atoms with Crippen molar-refractivity contribution in [2.24, 2.45) is 0 Å². The van der Waals surface area contributed by atoms with Crippen molar-refractivity contribution in [1.82, 2.24) is 10.2 Å². The van der Waals surface area contributed by atoms with Crippen molar-refractivity contribution < 1.29 is 0 Å². The molecule has 0 N–H and O–H groups in total. The molecule has 0 radical (unpaired) electrons. The van der Waals surface area contributed by atoms with Gasteiger partial charge in [0.25, 0.3) is 0 Å². The third-order valence-electron chi connectivity index (χ3n) is 2.02. The summed E-state index contributed by atoms with van der Waals surface area (Å²) in [5.74, 6) is 0. The fraction of sp³-hybridized carbons (Fsp3) is 0.0909. The number of hydrogen-bond acceptors (Lipinski definition) is 2. The van der Waals surface area contributed by atoms with Gasteiger partial charge in [-0.1, -0.05) is 45.7 Å². The van der Waals surface area contributed by atoms with Gasteiger partial charge in [-0.3, -0.25) is 0 Å². The van der Waals surface area contributed by atoms with Gasteiger partial charge < -0.3 is 0 Å². The smallest absolute Gasteiger partial charge is 0.151 e. The molecule has 1 aromatic carbocycles. The van der Waals surface area contributed by atoms with Crippen molar-refractivity contribution in [1.29, 1.82) is 0 Å². The van der Waals surface area contributed by atoms with Gasteiger partial charge in [-0.2, -0.15) is 5.10 Å². The Hall–Kier alpha value is -0.930. The molecule has 0 fully saturated rings. The lowest BCUT2D eigenvalue weighted by molar-refractivity contribution is 0.935. The first-order chi connectivity index (χ1) is 7.25. The molecular weight excluding hydrogens is 275 g/mol. The predicted molar refractivity (Wildman–Crippen MR) is 64.0 cm³/mol. The minimum Gasteiger partial charge on any atom is -0.154 e. The summed E-state index contributed by atoms with van der Waals surface area (Å²) in [5, 5.41) is 8.24. The van der Waals surface area contributed by atoms with Crippen LogP contribution >= 0.6 is 27.5 Å². The number of nitrogens with zero attached hydrogens (tertiary/aromatic N) is 2. The molecule has 2 nitrogen and oxygen atoms in total. The van der Waals surface area contributed by atoms with E-state index in [-0.39, 0.29) is 0 Å². The fourth-order valence-electron chi connectivity index (χ4n) is 1.27. The third-order valence-corrected chi connectivity index (χ3v) is 2.99. The number of halogens is 2. The van der Waals surface area contributed by atoms with Crippen molar-refractivity contribution in [2.75, 3.05) is 0 Å². The van der Waals surface area contributed by atoms with Gasteiger partial charge in [-0.05, 0) is 23.8 Å². The molecule has 2 aromatic rings. The fourth-order valence-corrected chi connectivity index (χ4v) is 1.80. The summed E-state index contributed by atoms with van der Waals surface area (Å²) < 4.78 is 1.08. The van der Waals surface area contributed by atoms with Crippen LogP contribution < -0.4 is 0 Å². The molecule has 0 saturated heterocycles. The SMILES string of the molecule is Clc1ccc(Cc2ccccc2Br)nn1. The highest BCUT2D eigenvalue weighted by Gasteiger charge is 2.01. The van der Waals surface area contributed by atoms with Crippen LogP contribution in [0.4, 0.5) is 0 Å². The van der Waals surface area contributed by atoms with Crippen molar-refractivity contribution in [3.8, 4) is 0 Å². The molecule has 0 atom stereocenters. The van der Waals surface area contributed by atoms with Gasteiger partial charge in [-0.15, -0.1) is 5.10 Å². The summed E-state index contributed by atoms with van der Waals surface area (Å²) in [6, 6.07) is 11.7. The zero-order chi connectivity index (χ0) is 10.7. The van der Waals surface area contributed by atoms with E-state index in [0.717, 1.165) is 16.6 Å². The molecular formula is C11H8BrClN2. The molecule has 76 valence electrons. The van der Waals surface area contributed by atoms with Gasteiger partial charge in [0, 0.05) is 10.9 Å². The molecule has 0 aliphatic carbocycles. The first-order valence-electron chi connectivity index (χ1n) is 4.47. The molecule has 0 spiro atoms. The highest BCUT2D eigenvalue weighted by molar-refractivity contribution is 9.10. The molecule has 0 saturated carbocycles. The normalized spacial score (nSPS) is 10.3. The average molecular weight is 284 g/mol. The van der Waals surface area contributed by atoms with Crippen LogP contribution in [0.25, 0.3) is 0 Å².